The Morgan fingerprint density at radius 2 is 2.00 bits per heavy atom. The van der Waals surface area contributed by atoms with Crippen molar-refractivity contribution in [3.8, 4) is 0 Å². The Morgan fingerprint density at radius 1 is 1.41 bits per heavy atom. The minimum atomic E-state index is -0.231. The Hall–Kier alpha value is 0.190. The number of thioether (sulfide) groups is 1. The van der Waals surface area contributed by atoms with E-state index in [1.807, 2.05) is 20.3 Å². The molecule has 1 N–H and O–H groups in total. The molecular formula is C11H17NO2S3. The molecule has 1 aliphatic heterocycles. The topological polar surface area (TPSA) is 46.2 Å². The lowest BCUT2D eigenvalue weighted by atomic mass is 9.98. The van der Waals surface area contributed by atoms with Crippen LogP contribution in [0, 0.1) is 17.6 Å². The van der Waals surface area contributed by atoms with Gasteiger partial charge in [0.15, 0.2) is 5.12 Å². The van der Waals surface area contributed by atoms with Crippen molar-refractivity contribution in [3.05, 3.63) is 12.2 Å². The van der Waals surface area contributed by atoms with Crippen molar-refractivity contribution in [2.75, 3.05) is 11.5 Å². The predicted octanol–water partition coefficient (Wildman–Crippen LogP) is 2.54. The van der Waals surface area contributed by atoms with Gasteiger partial charge in [0.05, 0.1) is 5.41 Å². The van der Waals surface area contributed by atoms with Gasteiger partial charge in [-0.1, -0.05) is 47.2 Å². The highest BCUT2D eigenvalue weighted by Gasteiger charge is 2.37. The van der Waals surface area contributed by atoms with E-state index in [2.05, 4.69) is 5.32 Å². The van der Waals surface area contributed by atoms with Gasteiger partial charge in [-0.05, 0) is 6.42 Å². The number of carbonyl (C=O) groups is 2. The van der Waals surface area contributed by atoms with Crippen LogP contribution in [0.1, 0.15) is 20.8 Å². The van der Waals surface area contributed by atoms with Crippen LogP contribution >= 0.6 is 33.3 Å². The van der Waals surface area contributed by atoms with Crippen LogP contribution in [0.25, 0.3) is 0 Å². The maximum absolute atomic E-state index is 12.1. The third-order valence-electron chi connectivity index (χ3n) is 2.38. The van der Waals surface area contributed by atoms with Crippen LogP contribution in [0.2, 0.25) is 0 Å². The molecule has 0 spiro atoms. The first kappa shape index (κ1) is 15.2. The molecule has 96 valence electrons. The number of amides is 1. The zero-order chi connectivity index (χ0) is 12.9. The van der Waals surface area contributed by atoms with Gasteiger partial charge in [0.2, 0.25) is 5.91 Å². The van der Waals surface area contributed by atoms with Crippen molar-refractivity contribution in [3.63, 3.8) is 0 Å². The van der Waals surface area contributed by atoms with Crippen molar-refractivity contribution >= 4 is 44.4 Å². The van der Waals surface area contributed by atoms with Gasteiger partial charge >= 0.3 is 0 Å². The highest BCUT2D eigenvalue weighted by Crippen LogP contribution is 2.45. The third-order valence-corrected chi connectivity index (χ3v) is 6.40. The van der Waals surface area contributed by atoms with E-state index in [-0.39, 0.29) is 22.5 Å². The fourth-order valence-electron chi connectivity index (χ4n) is 1.21. The van der Waals surface area contributed by atoms with Crippen molar-refractivity contribution in [1.82, 2.24) is 5.32 Å². The van der Waals surface area contributed by atoms with E-state index in [4.69, 9.17) is 0 Å². The van der Waals surface area contributed by atoms with Gasteiger partial charge in [-0.25, -0.2) is 0 Å². The number of rotatable bonds is 5. The van der Waals surface area contributed by atoms with E-state index in [9.17, 15) is 9.59 Å². The molecule has 1 atom stereocenters. The summed E-state index contributed by atoms with van der Waals surface area (Å²) in [6.07, 6.45) is 1.86. The molecule has 0 aromatic carbocycles. The first-order valence-electron chi connectivity index (χ1n) is 5.33. The SMILES string of the molecule is C[CH]C([CH]SC(=O)C1(C)CSSC1)NC(C)=O. The molecular weight excluding hydrogens is 274 g/mol. The van der Waals surface area contributed by atoms with Crippen LogP contribution in [0.15, 0.2) is 0 Å². The molecule has 1 aliphatic rings. The summed E-state index contributed by atoms with van der Waals surface area (Å²) in [5.74, 6) is 3.45. The van der Waals surface area contributed by atoms with E-state index in [0.717, 1.165) is 11.5 Å². The second-order valence-corrected chi connectivity index (χ2v) is 7.53. The molecule has 2 radical (unpaired) electrons. The zero-order valence-corrected chi connectivity index (χ0v) is 12.6. The maximum atomic E-state index is 12.1. The minimum absolute atomic E-state index is 0.0874. The third kappa shape index (κ3) is 4.75. The highest BCUT2D eigenvalue weighted by molar-refractivity contribution is 8.77. The van der Waals surface area contributed by atoms with Crippen LogP contribution in [0.5, 0.6) is 0 Å². The van der Waals surface area contributed by atoms with E-state index in [1.165, 1.54) is 18.7 Å². The molecule has 1 unspecified atom stereocenters. The van der Waals surface area contributed by atoms with Crippen LogP contribution in [0.3, 0.4) is 0 Å². The summed E-state index contributed by atoms with van der Waals surface area (Å²) in [6, 6.07) is -0.147. The minimum Gasteiger partial charge on any atom is -0.352 e. The van der Waals surface area contributed by atoms with E-state index in [0.29, 0.717) is 0 Å². The smallest absolute Gasteiger partial charge is 0.217 e. The second-order valence-electron chi connectivity index (χ2n) is 4.19. The molecule has 1 saturated heterocycles. The molecule has 1 heterocycles. The molecule has 3 nitrogen and oxygen atoms in total. The first-order chi connectivity index (χ1) is 7.98. The molecule has 0 bridgehead atoms. The number of hydrogen-bond acceptors (Lipinski definition) is 5. The molecule has 0 aromatic heterocycles. The van der Waals surface area contributed by atoms with Crippen molar-refractivity contribution in [2.45, 2.75) is 26.8 Å². The van der Waals surface area contributed by atoms with Gasteiger partial charge in [-0.15, -0.1) is 0 Å². The summed E-state index contributed by atoms with van der Waals surface area (Å²) in [7, 11) is 3.50. The van der Waals surface area contributed by atoms with Gasteiger partial charge in [-0.2, -0.15) is 0 Å². The molecule has 0 aliphatic carbocycles. The fourth-order valence-corrected chi connectivity index (χ4v) is 5.66. The summed E-state index contributed by atoms with van der Waals surface area (Å²) in [6.45, 7) is 5.35. The fraction of sp³-hybridized carbons (Fsp3) is 0.636. The van der Waals surface area contributed by atoms with Crippen molar-refractivity contribution < 1.29 is 9.59 Å². The zero-order valence-electron chi connectivity index (χ0n) is 10.2. The molecule has 6 heteroatoms. The number of hydrogen-bond donors (Lipinski definition) is 1. The Labute approximate surface area is 115 Å². The first-order valence-corrected chi connectivity index (χ1v) is 8.70. The van der Waals surface area contributed by atoms with Gasteiger partial charge < -0.3 is 5.32 Å². The van der Waals surface area contributed by atoms with Crippen molar-refractivity contribution in [1.29, 1.82) is 0 Å². The van der Waals surface area contributed by atoms with Gasteiger partial charge in [0.1, 0.15) is 0 Å². The average molecular weight is 291 g/mol. The Morgan fingerprint density at radius 3 is 2.47 bits per heavy atom. The Bertz CT molecular complexity index is 290. The van der Waals surface area contributed by atoms with Crippen molar-refractivity contribution in [2.24, 2.45) is 5.41 Å². The molecule has 1 rings (SSSR count). The molecule has 0 aromatic rings. The quantitative estimate of drug-likeness (QED) is 0.789. The summed E-state index contributed by atoms with van der Waals surface area (Å²) in [5, 5.41) is 2.94. The van der Waals surface area contributed by atoms with Crippen LogP contribution < -0.4 is 5.32 Å². The maximum Gasteiger partial charge on any atom is 0.217 e. The van der Waals surface area contributed by atoms with E-state index in [1.54, 1.807) is 27.3 Å². The van der Waals surface area contributed by atoms with Gasteiger partial charge in [-0.3, -0.25) is 9.59 Å². The largest absolute Gasteiger partial charge is 0.352 e. The summed E-state index contributed by atoms with van der Waals surface area (Å²) < 4.78 is 0. The summed E-state index contributed by atoms with van der Waals surface area (Å²) in [4.78, 5) is 23.0. The molecule has 17 heavy (non-hydrogen) atoms. The molecule has 1 amide bonds. The van der Waals surface area contributed by atoms with Crippen LogP contribution in [-0.4, -0.2) is 28.6 Å². The van der Waals surface area contributed by atoms with Gasteiger partial charge in [0, 0.05) is 30.2 Å². The number of nitrogens with one attached hydrogen (secondary N) is 1. The normalized spacial score (nSPS) is 19.9. The average Bonchev–Trinajstić information content (AvgIpc) is 2.71. The summed E-state index contributed by atoms with van der Waals surface area (Å²) >= 11 is 1.21. The molecule has 0 saturated carbocycles. The van der Waals surface area contributed by atoms with Crippen LogP contribution in [0.4, 0.5) is 0 Å². The lowest BCUT2D eigenvalue weighted by molar-refractivity contribution is -0.119. The Balaban J connectivity index is 2.38. The monoisotopic (exact) mass is 291 g/mol. The van der Waals surface area contributed by atoms with E-state index >= 15 is 0 Å². The number of carbonyl (C=O) groups excluding carboxylic acids is 2. The standard InChI is InChI=1S/C11H17NO2S3/c1-4-9(12-8(2)13)5-15-10(14)11(3)6-16-17-7-11/h4-5,9H,6-7H2,1-3H3,(H,12,13). The second kappa shape index (κ2) is 6.95. The molecule has 1 fully saturated rings. The Kier molecular flexibility index (Phi) is 6.23. The predicted molar refractivity (Wildman–Crippen MR) is 77.5 cm³/mol. The lowest BCUT2D eigenvalue weighted by Gasteiger charge is -2.21. The van der Waals surface area contributed by atoms with E-state index < -0.39 is 0 Å². The lowest BCUT2D eigenvalue weighted by Crippen LogP contribution is -2.34. The van der Waals surface area contributed by atoms with Crippen LogP contribution in [-0.2, 0) is 9.59 Å². The highest BCUT2D eigenvalue weighted by atomic mass is 33.1. The van der Waals surface area contributed by atoms with Gasteiger partial charge in [0.25, 0.3) is 0 Å². The summed E-state index contributed by atoms with van der Waals surface area (Å²) in [5.41, 5.74) is -0.231.